The molecule has 2 aromatic carbocycles. The minimum atomic E-state index is -0.559. The second-order valence-electron chi connectivity index (χ2n) is 7.31. The maximum absolute atomic E-state index is 12.8. The van der Waals surface area contributed by atoms with Crippen LogP contribution in [0.1, 0.15) is 18.1 Å². The van der Waals surface area contributed by atoms with Crippen LogP contribution in [0.2, 0.25) is 0 Å². The van der Waals surface area contributed by atoms with Crippen LogP contribution in [0, 0.1) is 10.5 Å². The summed E-state index contributed by atoms with van der Waals surface area (Å²) in [4.78, 5) is 50.4. The summed E-state index contributed by atoms with van der Waals surface area (Å²) in [6.07, 6.45) is 1.54. The molecule has 1 heterocycles. The van der Waals surface area contributed by atoms with Crippen molar-refractivity contribution in [1.29, 1.82) is 0 Å². The third-order valence-electron chi connectivity index (χ3n) is 4.67. The Balaban J connectivity index is 1.73. The monoisotopic (exact) mass is 610 g/mol. The van der Waals surface area contributed by atoms with Crippen molar-refractivity contribution in [1.82, 2.24) is 4.90 Å². The number of hydrogen-bond donors (Lipinski definition) is 1. The molecule has 1 aliphatic rings. The molecular weight excluding hydrogens is 587 g/mol. The summed E-state index contributed by atoms with van der Waals surface area (Å²) in [6, 6.07) is 10.6. The maximum Gasteiger partial charge on any atom is 0.344 e. The number of rotatable bonds is 9. The van der Waals surface area contributed by atoms with Gasteiger partial charge in [-0.2, -0.15) is 0 Å². The van der Waals surface area contributed by atoms with Gasteiger partial charge in [0.2, 0.25) is 5.91 Å². The molecule has 0 unspecified atom stereocenters. The number of ether oxygens (including phenoxy) is 3. The molecule has 0 aromatic heterocycles. The van der Waals surface area contributed by atoms with Crippen LogP contribution in [0.25, 0.3) is 6.08 Å². The number of hydrogen-bond acceptors (Lipinski definition) is 8. The lowest BCUT2D eigenvalue weighted by atomic mass is 10.2. The summed E-state index contributed by atoms with van der Waals surface area (Å²) >= 11 is 2.78. The van der Waals surface area contributed by atoms with Gasteiger partial charge in [0, 0.05) is 5.69 Å². The van der Waals surface area contributed by atoms with E-state index in [1.54, 1.807) is 43.3 Å². The van der Waals surface area contributed by atoms with Gasteiger partial charge in [-0.25, -0.2) is 4.79 Å². The zero-order valence-electron chi connectivity index (χ0n) is 19.3. The summed E-state index contributed by atoms with van der Waals surface area (Å²) in [5.41, 5.74) is 2.15. The van der Waals surface area contributed by atoms with Crippen molar-refractivity contribution in [2.45, 2.75) is 13.8 Å². The summed E-state index contributed by atoms with van der Waals surface area (Å²) in [7, 11) is 1.45. The number of esters is 1. The van der Waals surface area contributed by atoms with Crippen molar-refractivity contribution < 1.29 is 33.4 Å². The molecule has 0 spiro atoms. The topological polar surface area (TPSA) is 111 Å². The largest absolute Gasteiger partial charge is 0.493 e. The molecule has 2 aromatic rings. The molecule has 1 aliphatic heterocycles. The average Bonchev–Trinajstić information content (AvgIpc) is 3.05. The number of imide groups is 1. The van der Waals surface area contributed by atoms with E-state index in [2.05, 4.69) is 5.32 Å². The summed E-state index contributed by atoms with van der Waals surface area (Å²) < 4.78 is 16.4. The van der Waals surface area contributed by atoms with Crippen LogP contribution < -0.4 is 14.8 Å². The third kappa shape index (κ3) is 6.98. The minimum Gasteiger partial charge on any atom is -0.493 e. The van der Waals surface area contributed by atoms with Gasteiger partial charge in [0.15, 0.2) is 18.1 Å². The zero-order chi connectivity index (χ0) is 25.5. The zero-order valence-corrected chi connectivity index (χ0v) is 22.2. The highest BCUT2D eigenvalue weighted by Gasteiger charge is 2.36. The molecule has 1 fully saturated rings. The fourth-order valence-corrected chi connectivity index (χ4v) is 4.77. The molecule has 11 heteroatoms. The average molecular weight is 610 g/mol. The number of aryl methyl sites for hydroxylation is 1. The highest BCUT2D eigenvalue weighted by Crippen LogP contribution is 2.37. The van der Waals surface area contributed by atoms with Gasteiger partial charge in [-0.3, -0.25) is 19.3 Å². The van der Waals surface area contributed by atoms with Crippen molar-refractivity contribution in [3.63, 3.8) is 0 Å². The van der Waals surface area contributed by atoms with Gasteiger partial charge in [-0.15, -0.1) is 0 Å². The Morgan fingerprint density at radius 1 is 1.20 bits per heavy atom. The maximum atomic E-state index is 12.8. The predicted molar refractivity (Wildman–Crippen MR) is 140 cm³/mol. The summed E-state index contributed by atoms with van der Waals surface area (Å²) in [5.74, 6) is -0.826. The van der Waals surface area contributed by atoms with Gasteiger partial charge >= 0.3 is 5.97 Å². The van der Waals surface area contributed by atoms with E-state index in [0.717, 1.165) is 22.2 Å². The molecule has 0 saturated carbocycles. The van der Waals surface area contributed by atoms with Gasteiger partial charge < -0.3 is 19.5 Å². The molecule has 35 heavy (non-hydrogen) atoms. The Morgan fingerprint density at radius 3 is 2.66 bits per heavy atom. The number of nitrogens with one attached hydrogen (secondary N) is 1. The quantitative estimate of drug-likeness (QED) is 0.255. The standard InChI is InChI=1S/C24H23IN2O7S/c1-4-33-21(29)13-34-22-17(25)9-15(10-18(22)32-3)11-19-23(30)27(24(31)35-19)12-20(28)26-16-7-5-6-14(2)8-16/h5-11H,4,12-13H2,1-3H3,(H,26,28)/b19-11+. The lowest BCUT2D eigenvalue weighted by molar-refractivity contribution is -0.145. The smallest absolute Gasteiger partial charge is 0.344 e. The van der Waals surface area contributed by atoms with Gasteiger partial charge in [0.1, 0.15) is 6.54 Å². The number of nitrogens with zero attached hydrogens (tertiary/aromatic N) is 1. The van der Waals surface area contributed by atoms with Crippen LogP contribution in [0.5, 0.6) is 11.5 Å². The summed E-state index contributed by atoms with van der Waals surface area (Å²) in [6.45, 7) is 3.18. The van der Waals surface area contributed by atoms with Crippen molar-refractivity contribution >= 4 is 69.1 Å². The number of halogens is 1. The Morgan fingerprint density at radius 2 is 1.97 bits per heavy atom. The molecule has 0 aliphatic carbocycles. The molecular formula is C24H23IN2O7S. The minimum absolute atomic E-state index is 0.177. The van der Waals surface area contributed by atoms with Crippen molar-refractivity contribution in [3.8, 4) is 11.5 Å². The number of carbonyl (C=O) groups is 4. The number of benzene rings is 2. The van der Waals surface area contributed by atoms with E-state index in [4.69, 9.17) is 14.2 Å². The van der Waals surface area contributed by atoms with Crippen LogP contribution >= 0.6 is 34.4 Å². The van der Waals surface area contributed by atoms with Crippen LogP contribution in [0.4, 0.5) is 10.5 Å². The van der Waals surface area contributed by atoms with Crippen molar-refractivity contribution in [2.24, 2.45) is 0 Å². The fraction of sp³-hybridized carbons (Fsp3) is 0.250. The molecule has 9 nitrogen and oxygen atoms in total. The van der Waals surface area contributed by atoms with E-state index in [1.807, 2.05) is 35.6 Å². The lowest BCUT2D eigenvalue weighted by Crippen LogP contribution is -2.36. The van der Waals surface area contributed by atoms with Gasteiger partial charge in [0.25, 0.3) is 11.1 Å². The van der Waals surface area contributed by atoms with Gasteiger partial charge in [-0.05, 0) is 89.7 Å². The highest BCUT2D eigenvalue weighted by molar-refractivity contribution is 14.1. The first-order valence-electron chi connectivity index (χ1n) is 10.5. The van der Waals surface area contributed by atoms with Crippen molar-refractivity contribution in [2.75, 3.05) is 32.2 Å². The van der Waals surface area contributed by atoms with E-state index in [9.17, 15) is 19.2 Å². The molecule has 184 valence electrons. The molecule has 0 atom stereocenters. The highest BCUT2D eigenvalue weighted by atomic mass is 127. The number of amides is 3. The van der Waals surface area contributed by atoms with Crippen LogP contribution in [-0.2, 0) is 19.1 Å². The Labute approximate surface area is 220 Å². The third-order valence-corrected chi connectivity index (χ3v) is 6.38. The van der Waals surface area contributed by atoms with Crippen LogP contribution in [0.15, 0.2) is 41.3 Å². The SMILES string of the molecule is CCOC(=O)COc1c(I)cc(/C=C2/SC(=O)N(CC(=O)Nc3cccc(C)c3)C2=O)cc1OC. The van der Waals surface area contributed by atoms with E-state index in [0.29, 0.717) is 26.3 Å². The second-order valence-corrected chi connectivity index (χ2v) is 9.47. The second kappa shape index (κ2) is 12.1. The first-order chi connectivity index (χ1) is 16.7. The normalized spacial score (nSPS) is 14.3. The fourth-order valence-electron chi connectivity index (χ4n) is 3.15. The molecule has 3 amide bonds. The lowest BCUT2D eigenvalue weighted by Gasteiger charge is -2.13. The van der Waals surface area contributed by atoms with E-state index < -0.39 is 29.6 Å². The van der Waals surface area contributed by atoms with E-state index >= 15 is 0 Å². The molecule has 0 bridgehead atoms. The van der Waals surface area contributed by atoms with Crippen LogP contribution in [-0.4, -0.2) is 54.8 Å². The number of methoxy groups -OCH3 is 1. The van der Waals surface area contributed by atoms with Crippen LogP contribution in [0.3, 0.4) is 0 Å². The number of thioether (sulfide) groups is 1. The van der Waals surface area contributed by atoms with Gasteiger partial charge in [-0.1, -0.05) is 12.1 Å². The molecule has 0 radical (unpaired) electrons. The van der Waals surface area contributed by atoms with Gasteiger partial charge in [0.05, 0.1) is 22.2 Å². The Kier molecular flexibility index (Phi) is 9.15. The Bertz CT molecular complexity index is 1200. The predicted octanol–water partition coefficient (Wildman–Crippen LogP) is 4.23. The van der Waals surface area contributed by atoms with E-state index in [1.165, 1.54) is 7.11 Å². The molecule has 1 N–H and O–H groups in total. The summed E-state index contributed by atoms with van der Waals surface area (Å²) in [5, 5.41) is 2.16. The van der Waals surface area contributed by atoms with Crippen molar-refractivity contribution in [3.05, 3.63) is 56.0 Å². The molecule has 3 rings (SSSR count). The molecule has 1 saturated heterocycles. The Hall–Kier alpha value is -3.06. The number of carbonyl (C=O) groups excluding carboxylic acids is 4. The van der Waals surface area contributed by atoms with E-state index in [-0.39, 0.29) is 18.1 Å². The number of anilines is 1. The first-order valence-corrected chi connectivity index (χ1v) is 12.4. The first kappa shape index (κ1) is 26.5.